The van der Waals surface area contributed by atoms with Crippen LogP contribution < -0.4 is 0 Å². The van der Waals surface area contributed by atoms with Gasteiger partial charge in [-0.1, -0.05) is 0 Å². The Morgan fingerprint density at radius 3 is 2.38 bits per heavy atom. The van der Waals surface area contributed by atoms with Gasteiger partial charge in [-0.25, -0.2) is 0 Å². The van der Waals surface area contributed by atoms with Crippen LogP contribution in [0.2, 0.25) is 4.01 Å². The summed E-state index contributed by atoms with van der Waals surface area (Å²) in [7, 11) is 12.4. The predicted octanol–water partition coefficient (Wildman–Crippen LogP) is 4.63. The standard InChI is InChI=1S/C10H15.2ClH.Ru/c1-8(2)10-6-4-9(3)5-7-10;;;/h4-6,8H,7H2,1-3H3;2*1H;/q;;;+2/p-2. The molecule has 0 nitrogen and oxygen atoms in total. The summed E-state index contributed by atoms with van der Waals surface area (Å²) in [6, 6.07) is 0. The van der Waals surface area contributed by atoms with Gasteiger partial charge in [0.2, 0.25) is 0 Å². The molecule has 0 saturated carbocycles. The van der Waals surface area contributed by atoms with Gasteiger partial charge in [0.15, 0.2) is 0 Å². The van der Waals surface area contributed by atoms with Crippen molar-refractivity contribution >= 4 is 19.4 Å². The van der Waals surface area contributed by atoms with E-state index in [0.29, 0.717) is 5.92 Å². The molecule has 0 fully saturated rings. The first-order valence-electron chi connectivity index (χ1n) is 4.35. The minimum atomic E-state index is -1.70. The topological polar surface area (TPSA) is 0 Å². The quantitative estimate of drug-likeness (QED) is 0.652. The van der Waals surface area contributed by atoms with Crippen molar-refractivity contribution in [2.75, 3.05) is 0 Å². The number of rotatable bonds is 2. The van der Waals surface area contributed by atoms with Gasteiger partial charge in [0.05, 0.1) is 0 Å². The Labute approximate surface area is 94.0 Å². The molecule has 77 valence electrons. The zero-order valence-corrected chi connectivity index (χ0v) is 11.4. The average Bonchev–Trinajstić information content (AvgIpc) is 2.04. The maximum absolute atomic E-state index is 6.18. The van der Waals surface area contributed by atoms with Gasteiger partial charge in [-0.05, 0) is 0 Å². The van der Waals surface area contributed by atoms with E-state index < -0.39 is 14.0 Å². The fraction of sp³-hybridized carbons (Fsp3) is 0.600. The summed E-state index contributed by atoms with van der Waals surface area (Å²) in [5.74, 6) is 0.530. The molecule has 0 radical (unpaired) electrons. The zero-order valence-electron chi connectivity index (χ0n) is 8.13. The Balaban J connectivity index is 2.91. The molecule has 0 heterocycles. The van der Waals surface area contributed by atoms with Crippen LogP contribution in [0.4, 0.5) is 0 Å². The summed E-state index contributed by atoms with van der Waals surface area (Å²) in [6.07, 6.45) is 7.63. The van der Waals surface area contributed by atoms with Gasteiger partial charge in [0, 0.05) is 0 Å². The van der Waals surface area contributed by atoms with Crippen LogP contribution in [0.5, 0.6) is 0 Å². The van der Waals surface area contributed by atoms with Crippen molar-refractivity contribution in [3.8, 4) is 0 Å². The first kappa shape index (κ1) is 11.8. The van der Waals surface area contributed by atoms with Gasteiger partial charge < -0.3 is 0 Å². The molecule has 0 saturated heterocycles. The van der Waals surface area contributed by atoms with E-state index in [9.17, 15) is 0 Å². The molecular formula is C10H15Cl2Ru. The average molecular weight is 307 g/mol. The maximum atomic E-state index is 6.18. The first-order valence-corrected chi connectivity index (χ1v) is 9.69. The molecule has 0 aromatic heterocycles. The van der Waals surface area contributed by atoms with Crippen molar-refractivity contribution in [3.63, 3.8) is 0 Å². The molecule has 1 unspecified atom stereocenters. The van der Waals surface area contributed by atoms with Gasteiger partial charge in [-0.15, -0.1) is 0 Å². The minimum absolute atomic E-state index is 0.0765. The summed E-state index contributed by atoms with van der Waals surface area (Å²) >= 11 is -1.70. The third-order valence-corrected chi connectivity index (χ3v) is 8.36. The fourth-order valence-corrected chi connectivity index (χ4v) is 5.97. The second-order valence-electron chi connectivity index (χ2n) is 3.73. The van der Waals surface area contributed by atoms with Gasteiger partial charge in [0.1, 0.15) is 0 Å². The molecule has 0 aliphatic heterocycles. The van der Waals surface area contributed by atoms with Crippen LogP contribution in [-0.4, -0.2) is 0 Å². The van der Waals surface area contributed by atoms with Crippen LogP contribution in [0.1, 0.15) is 27.2 Å². The van der Waals surface area contributed by atoms with Crippen molar-refractivity contribution in [1.29, 1.82) is 0 Å². The van der Waals surface area contributed by atoms with E-state index in [1.165, 1.54) is 5.57 Å². The van der Waals surface area contributed by atoms with Gasteiger partial charge in [0.25, 0.3) is 0 Å². The van der Waals surface area contributed by atoms with Gasteiger partial charge in [-0.3, -0.25) is 0 Å². The second-order valence-corrected chi connectivity index (χ2v) is 10.2. The van der Waals surface area contributed by atoms with E-state index in [-0.39, 0.29) is 4.01 Å². The van der Waals surface area contributed by atoms with Crippen LogP contribution in [-0.2, 0) is 14.0 Å². The molecule has 1 atom stereocenters. The molecule has 0 aromatic rings. The van der Waals surface area contributed by atoms with Crippen molar-refractivity contribution in [2.24, 2.45) is 5.92 Å². The molecule has 1 rings (SSSR count). The Hall–Kier alpha value is 0.683. The number of halogens is 2. The number of hydrogen-bond acceptors (Lipinski definition) is 0. The Bertz CT molecular complexity index is 233. The fourth-order valence-electron chi connectivity index (χ4n) is 1.40. The SMILES string of the molecule is CC1=CC[C](C(C)C)([Ru]([Cl])[Cl])C=C1. The van der Waals surface area contributed by atoms with Crippen LogP contribution >= 0.6 is 19.4 Å². The summed E-state index contributed by atoms with van der Waals surface area (Å²) < 4.78 is 0.0765. The zero-order chi connectivity index (χ0) is 10.1. The van der Waals surface area contributed by atoms with Crippen molar-refractivity contribution in [2.45, 2.75) is 31.2 Å². The number of hydrogen-bond donors (Lipinski definition) is 0. The van der Waals surface area contributed by atoms with Crippen molar-refractivity contribution in [1.82, 2.24) is 0 Å². The van der Waals surface area contributed by atoms with E-state index in [2.05, 4.69) is 39.0 Å². The normalized spacial score (nSPS) is 29.1. The van der Waals surface area contributed by atoms with E-state index in [4.69, 9.17) is 19.4 Å². The molecule has 0 spiro atoms. The Kier molecular flexibility index (Phi) is 4.04. The summed E-state index contributed by atoms with van der Waals surface area (Å²) in [4.78, 5) is 0. The molecule has 1 aliphatic carbocycles. The molecule has 0 bridgehead atoms. The van der Waals surface area contributed by atoms with Crippen LogP contribution in [0.25, 0.3) is 0 Å². The van der Waals surface area contributed by atoms with Crippen LogP contribution in [0.3, 0.4) is 0 Å². The third-order valence-electron chi connectivity index (χ3n) is 2.55. The van der Waals surface area contributed by atoms with Crippen LogP contribution in [0.15, 0.2) is 23.8 Å². The number of allylic oxidation sites excluding steroid dienone is 4. The first-order chi connectivity index (χ1) is 5.99. The molecule has 3 heteroatoms. The van der Waals surface area contributed by atoms with Crippen molar-refractivity contribution in [3.05, 3.63) is 23.8 Å². The van der Waals surface area contributed by atoms with E-state index >= 15 is 0 Å². The second kappa shape index (κ2) is 4.47. The van der Waals surface area contributed by atoms with E-state index in [0.717, 1.165) is 6.42 Å². The molecular weight excluding hydrogens is 292 g/mol. The van der Waals surface area contributed by atoms with Gasteiger partial charge in [-0.2, -0.15) is 0 Å². The molecule has 0 amide bonds. The summed E-state index contributed by atoms with van der Waals surface area (Å²) in [5.41, 5.74) is 1.32. The molecule has 0 N–H and O–H groups in total. The summed E-state index contributed by atoms with van der Waals surface area (Å²) in [6.45, 7) is 6.51. The summed E-state index contributed by atoms with van der Waals surface area (Å²) in [5, 5.41) is 0. The molecule has 0 aromatic carbocycles. The molecule has 1 aliphatic rings. The third kappa shape index (κ3) is 2.38. The Morgan fingerprint density at radius 2 is 2.08 bits per heavy atom. The Morgan fingerprint density at radius 1 is 1.46 bits per heavy atom. The van der Waals surface area contributed by atoms with Crippen LogP contribution in [0, 0.1) is 5.92 Å². The van der Waals surface area contributed by atoms with Crippen molar-refractivity contribution < 1.29 is 14.0 Å². The van der Waals surface area contributed by atoms with E-state index in [1.807, 2.05) is 0 Å². The predicted molar refractivity (Wildman–Crippen MR) is 56.8 cm³/mol. The van der Waals surface area contributed by atoms with E-state index in [1.54, 1.807) is 0 Å². The monoisotopic (exact) mass is 307 g/mol. The van der Waals surface area contributed by atoms with Gasteiger partial charge >= 0.3 is 94.3 Å². The molecule has 13 heavy (non-hydrogen) atoms.